The molecule has 0 spiro atoms. The minimum Gasteiger partial charge on any atom is -0.487 e. The molecule has 0 saturated carbocycles. The summed E-state index contributed by atoms with van der Waals surface area (Å²) < 4.78 is 59.5. The van der Waals surface area contributed by atoms with Crippen molar-refractivity contribution in [1.82, 2.24) is 9.78 Å². The summed E-state index contributed by atoms with van der Waals surface area (Å²) in [5.41, 5.74) is 1.11. The van der Waals surface area contributed by atoms with Crippen LogP contribution in [0.3, 0.4) is 0 Å². The number of benzene rings is 1. The van der Waals surface area contributed by atoms with Crippen molar-refractivity contribution in [1.29, 1.82) is 0 Å². The molecule has 0 fully saturated rings. The zero-order chi connectivity index (χ0) is 21.3. The Morgan fingerprint density at radius 1 is 1.14 bits per heavy atom. The first-order chi connectivity index (χ1) is 13.8. The van der Waals surface area contributed by atoms with E-state index in [0.29, 0.717) is 11.8 Å². The van der Waals surface area contributed by atoms with Gasteiger partial charge in [0, 0.05) is 6.20 Å². The Balaban J connectivity index is 1.84. The summed E-state index contributed by atoms with van der Waals surface area (Å²) in [6.45, 7) is 3.67. The summed E-state index contributed by atoms with van der Waals surface area (Å²) in [5.74, 6) is -1.43. The molecule has 0 aliphatic rings. The predicted octanol–water partition coefficient (Wildman–Crippen LogP) is 4.05. The van der Waals surface area contributed by atoms with Gasteiger partial charge in [0.05, 0.1) is 31.6 Å². The molecule has 0 unspecified atom stereocenters. The number of hydrogen-bond donors (Lipinski definition) is 0. The molecular weight excluding hydrogens is 393 g/mol. The summed E-state index contributed by atoms with van der Waals surface area (Å²) in [5, 5.41) is 4.00. The summed E-state index contributed by atoms with van der Waals surface area (Å²) in [7, 11) is 0. The third kappa shape index (κ3) is 7.15. The van der Waals surface area contributed by atoms with Gasteiger partial charge < -0.3 is 18.9 Å². The number of alkyl halides is 3. The van der Waals surface area contributed by atoms with E-state index in [2.05, 4.69) is 9.84 Å². The Kier molecular flexibility index (Phi) is 8.08. The lowest BCUT2D eigenvalue weighted by atomic mass is 10.2. The van der Waals surface area contributed by atoms with Crippen LogP contribution in [-0.2, 0) is 27.5 Å². The van der Waals surface area contributed by atoms with E-state index in [9.17, 15) is 18.0 Å². The van der Waals surface area contributed by atoms with E-state index in [1.165, 1.54) is 36.1 Å². The Bertz CT molecular complexity index is 816. The van der Waals surface area contributed by atoms with Gasteiger partial charge in [0.1, 0.15) is 18.7 Å². The van der Waals surface area contributed by atoms with Crippen molar-refractivity contribution in [3.8, 4) is 5.75 Å². The summed E-state index contributed by atoms with van der Waals surface area (Å²) in [6, 6.07) is 6.35. The molecule has 0 saturated heterocycles. The van der Waals surface area contributed by atoms with Crippen LogP contribution >= 0.6 is 0 Å². The van der Waals surface area contributed by atoms with Gasteiger partial charge in [0.2, 0.25) is 5.76 Å². The number of halogens is 3. The van der Waals surface area contributed by atoms with Gasteiger partial charge in [-0.25, -0.2) is 9.48 Å². The molecule has 2 rings (SSSR count). The zero-order valence-corrected chi connectivity index (χ0v) is 15.9. The van der Waals surface area contributed by atoms with E-state index in [-0.39, 0.29) is 32.3 Å². The van der Waals surface area contributed by atoms with Crippen LogP contribution in [0.4, 0.5) is 13.2 Å². The van der Waals surface area contributed by atoms with Gasteiger partial charge >= 0.3 is 12.1 Å². The number of ether oxygens (including phenoxy) is 4. The van der Waals surface area contributed by atoms with Crippen LogP contribution in [0.1, 0.15) is 29.8 Å². The van der Waals surface area contributed by atoms with Crippen molar-refractivity contribution in [2.75, 3.05) is 13.2 Å². The maximum Gasteiger partial charge on any atom is 0.452 e. The topological polar surface area (TPSA) is 71.8 Å². The minimum absolute atomic E-state index is 0.115. The maximum atomic E-state index is 12.7. The molecule has 158 valence electrons. The van der Waals surface area contributed by atoms with Crippen LogP contribution in [0.2, 0.25) is 0 Å². The van der Waals surface area contributed by atoms with Crippen LogP contribution in [0.15, 0.2) is 48.7 Å². The van der Waals surface area contributed by atoms with Crippen molar-refractivity contribution in [2.45, 2.75) is 33.4 Å². The van der Waals surface area contributed by atoms with Crippen LogP contribution in [0.5, 0.6) is 5.75 Å². The summed E-state index contributed by atoms with van der Waals surface area (Å²) in [6.07, 6.45) is -1.19. The number of rotatable bonds is 10. The van der Waals surface area contributed by atoms with Gasteiger partial charge in [-0.2, -0.15) is 18.3 Å². The molecule has 2 aromatic rings. The fraction of sp³-hybridized carbons (Fsp3) is 0.368. The molecule has 0 atom stereocenters. The van der Waals surface area contributed by atoms with Gasteiger partial charge in [-0.3, -0.25) is 0 Å². The Hall–Kier alpha value is -3.01. The molecule has 29 heavy (non-hydrogen) atoms. The maximum absolute atomic E-state index is 12.7. The number of carbonyl (C=O) groups is 1. The Labute approximate surface area is 165 Å². The van der Waals surface area contributed by atoms with E-state index in [4.69, 9.17) is 14.2 Å². The van der Waals surface area contributed by atoms with Gasteiger partial charge in [0.15, 0.2) is 0 Å². The Morgan fingerprint density at radius 3 is 2.45 bits per heavy atom. The third-order valence-electron chi connectivity index (χ3n) is 3.44. The average molecular weight is 414 g/mol. The summed E-state index contributed by atoms with van der Waals surface area (Å²) >= 11 is 0. The van der Waals surface area contributed by atoms with Crippen LogP contribution in [-0.4, -0.2) is 35.1 Å². The van der Waals surface area contributed by atoms with Gasteiger partial charge in [-0.05, 0) is 31.5 Å². The van der Waals surface area contributed by atoms with E-state index in [0.717, 1.165) is 5.56 Å². The van der Waals surface area contributed by atoms with Crippen molar-refractivity contribution < 1.29 is 36.9 Å². The highest BCUT2D eigenvalue weighted by Crippen LogP contribution is 2.27. The monoisotopic (exact) mass is 414 g/mol. The number of allylic oxidation sites excluding steroid dienone is 1. The second-order valence-corrected chi connectivity index (χ2v) is 5.64. The minimum atomic E-state index is -4.62. The predicted molar refractivity (Wildman–Crippen MR) is 95.8 cm³/mol. The van der Waals surface area contributed by atoms with Crippen molar-refractivity contribution in [3.63, 3.8) is 0 Å². The molecule has 1 heterocycles. The molecule has 10 heteroatoms. The number of nitrogens with zero attached hydrogens (tertiary/aromatic N) is 2. The fourth-order valence-corrected chi connectivity index (χ4v) is 2.14. The van der Waals surface area contributed by atoms with Crippen molar-refractivity contribution in [3.05, 3.63) is 59.8 Å². The lowest BCUT2D eigenvalue weighted by Crippen LogP contribution is -2.15. The van der Waals surface area contributed by atoms with E-state index in [1.54, 1.807) is 19.1 Å². The molecule has 0 aliphatic carbocycles. The molecule has 0 radical (unpaired) electrons. The lowest BCUT2D eigenvalue weighted by Gasteiger charge is -2.12. The average Bonchev–Trinajstić information content (AvgIpc) is 3.14. The largest absolute Gasteiger partial charge is 0.487 e. The van der Waals surface area contributed by atoms with Crippen LogP contribution in [0, 0.1) is 0 Å². The highest BCUT2D eigenvalue weighted by atomic mass is 19.4. The van der Waals surface area contributed by atoms with Gasteiger partial charge in [0.25, 0.3) is 0 Å². The van der Waals surface area contributed by atoms with E-state index >= 15 is 0 Å². The third-order valence-corrected chi connectivity index (χ3v) is 3.44. The first-order valence-electron chi connectivity index (χ1n) is 8.76. The van der Waals surface area contributed by atoms with Crippen LogP contribution in [0.25, 0.3) is 0 Å². The second-order valence-electron chi connectivity index (χ2n) is 5.64. The highest BCUT2D eigenvalue weighted by Gasteiger charge is 2.36. The molecule has 0 N–H and O–H groups in total. The van der Waals surface area contributed by atoms with Gasteiger partial charge in [-0.1, -0.05) is 12.1 Å². The smallest absolute Gasteiger partial charge is 0.452 e. The fourth-order valence-electron chi connectivity index (χ4n) is 2.14. The van der Waals surface area contributed by atoms with Crippen molar-refractivity contribution >= 4 is 5.97 Å². The first kappa shape index (κ1) is 22.3. The SMILES string of the molecule is CCOC(=O)c1cnn(COCc2ccc(O/C=C(\OCC)C(F)(F)F)cc2)c1. The molecule has 1 aromatic carbocycles. The molecule has 0 bridgehead atoms. The number of hydrogen-bond acceptors (Lipinski definition) is 6. The molecule has 0 aliphatic heterocycles. The highest BCUT2D eigenvalue weighted by molar-refractivity contribution is 5.88. The van der Waals surface area contributed by atoms with Gasteiger partial charge in [-0.15, -0.1) is 0 Å². The summed E-state index contributed by atoms with van der Waals surface area (Å²) in [4.78, 5) is 11.6. The normalized spacial score (nSPS) is 12.0. The molecule has 7 nitrogen and oxygen atoms in total. The standard InChI is InChI=1S/C19H21F3N2O5/c1-3-27-17(19(20,21)22)12-29-16-7-5-14(6-8-16)11-26-13-24-10-15(9-23-24)18(25)28-4-2/h5-10,12H,3-4,11,13H2,1-2H3/b17-12-. The zero-order valence-electron chi connectivity index (χ0n) is 15.9. The first-order valence-corrected chi connectivity index (χ1v) is 8.76. The number of esters is 1. The number of aromatic nitrogens is 2. The Morgan fingerprint density at radius 2 is 1.83 bits per heavy atom. The molecular formula is C19H21F3N2O5. The second kappa shape index (κ2) is 10.5. The number of carbonyl (C=O) groups excluding carboxylic acids is 1. The molecule has 0 amide bonds. The van der Waals surface area contributed by atoms with Crippen LogP contribution < -0.4 is 4.74 Å². The molecule has 1 aromatic heterocycles. The van der Waals surface area contributed by atoms with Crippen molar-refractivity contribution in [2.24, 2.45) is 0 Å². The lowest BCUT2D eigenvalue weighted by molar-refractivity contribution is -0.132. The quantitative estimate of drug-likeness (QED) is 0.431. The van der Waals surface area contributed by atoms with E-state index in [1.807, 2.05) is 0 Å². The van der Waals surface area contributed by atoms with E-state index < -0.39 is 17.9 Å².